The molecule has 1 atom stereocenters. The molecule has 7 nitrogen and oxygen atoms in total. The molecule has 0 bridgehead atoms. The van der Waals surface area contributed by atoms with Crippen LogP contribution in [0.3, 0.4) is 0 Å². The van der Waals surface area contributed by atoms with Crippen molar-refractivity contribution in [2.45, 2.75) is 19.4 Å². The van der Waals surface area contributed by atoms with Crippen LogP contribution < -0.4 is 10.9 Å². The standard InChI is InChI=1S/C20H16ClNO6/c1-10-12-7-14(21)15(23)9-16(12)28-20(27)13(10)8-17(24)22-18(19(25)26)11-5-3-2-4-6-11/h2-7,9,18,23H,8H2,1H3,(H,22,24)(H,25,26)/t18-/m1/s1. The maximum atomic E-state index is 12.4. The molecule has 3 rings (SSSR count). The van der Waals surface area contributed by atoms with Crippen LogP contribution in [-0.2, 0) is 16.0 Å². The van der Waals surface area contributed by atoms with Gasteiger partial charge in [0.1, 0.15) is 11.3 Å². The number of fused-ring (bicyclic) bond motifs is 1. The van der Waals surface area contributed by atoms with Crippen LogP contribution in [0.1, 0.15) is 22.7 Å². The Labute approximate surface area is 164 Å². The molecule has 0 radical (unpaired) electrons. The molecule has 0 aliphatic carbocycles. The molecule has 28 heavy (non-hydrogen) atoms. The number of phenols is 1. The minimum absolute atomic E-state index is 0.0786. The predicted molar refractivity (Wildman–Crippen MR) is 103 cm³/mol. The van der Waals surface area contributed by atoms with Crippen LogP contribution in [0.5, 0.6) is 5.75 Å². The van der Waals surface area contributed by atoms with Crippen molar-refractivity contribution in [3.63, 3.8) is 0 Å². The van der Waals surface area contributed by atoms with Gasteiger partial charge in [-0.25, -0.2) is 9.59 Å². The van der Waals surface area contributed by atoms with Gasteiger partial charge in [0, 0.05) is 11.5 Å². The first-order chi connectivity index (χ1) is 13.3. The molecule has 0 aliphatic rings. The van der Waals surface area contributed by atoms with Crippen molar-refractivity contribution in [1.82, 2.24) is 5.32 Å². The van der Waals surface area contributed by atoms with E-state index < -0.39 is 23.5 Å². The van der Waals surface area contributed by atoms with Crippen molar-refractivity contribution in [1.29, 1.82) is 0 Å². The molecule has 0 spiro atoms. The maximum absolute atomic E-state index is 12.4. The number of carboxylic acids is 1. The quantitative estimate of drug-likeness (QED) is 0.566. The van der Waals surface area contributed by atoms with Gasteiger partial charge in [0.2, 0.25) is 5.91 Å². The average Bonchev–Trinajstić information content (AvgIpc) is 2.65. The highest BCUT2D eigenvalue weighted by Crippen LogP contribution is 2.30. The third kappa shape index (κ3) is 3.84. The van der Waals surface area contributed by atoms with Crippen LogP contribution >= 0.6 is 11.6 Å². The number of amides is 1. The number of hydrogen-bond acceptors (Lipinski definition) is 5. The number of carbonyl (C=O) groups excluding carboxylic acids is 1. The van der Waals surface area contributed by atoms with Gasteiger partial charge in [-0.2, -0.15) is 0 Å². The van der Waals surface area contributed by atoms with Crippen LogP contribution in [0.25, 0.3) is 11.0 Å². The third-order valence-electron chi connectivity index (χ3n) is 4.38. The van der Waals surface area contributed by atoms with E-state index in [-0.39, 0.29) is 28.3 Å². The number of benzene rings is 2. The lowest BCUT2D eigenvalue weighted by molar-refractivity contribution is -0.142. The molecule has 0 saturated heterocycles. The van der Waals surface area contributed by atoms with Gasteiger partial charge in [0.15, 0.2) is 6.04 Å². The zero-order chi connectivity index (χ0) is 20.4. The first kappa shape index (κ1) is 19.4. The maximum Gasteiger partial charge on any atom is 0.340 e. The van der Waals surface area contributed by atoms with Gasteiger partial charge in [-0.1, -0.05) is 41.9 Å². The number of rotatable bonds is 5. The Bertz CT molecular complexity index is 1120. The Morgan fingerprint density at radius 1 is 1.21 bits per heavy atom. The summed E-state index contributed by atoms with van der Waals surface area (Å²) in [5, 5.41) is 22.0. The van der Waals surface area contributed by atoms with E-state index in [2.05, 4.69) is 5.32 Å². The summed E-state index contributed by atoms with van der Waals surface area (Å²) in [4.78, 5) is 36.3. The van der Waals surface area contributed by atoms with Gasteiger partial charge in [-0.05, 0) is 24.1 Å². The van der Waals surface area contributed by atoms with Crippen molar-refractivity contribution < 1.29 is 24.2 Å². The first-order valence-electron chi connectivity index (χ1n) is 8.30. The van der Waals surface area contributed by atoms with E-state index in [1.807, 2.05) is 0 Å². The molecule has 1 amide bonds. The van der Waals surface area contributed by atoms with Crippen molar-refractivity contribution >= 4 is 34.4 Å². The molecule has 3 aromatic rings. The Kier molecular flexibility index (Phi) is 5.37. The number of carboxylic acid groups (broad SMARTS) is 1. The smallest absolute Gasteiger partial charge is 0.340 e. The Balaban J connectivity index is 1.91. The SMILES string of the molecule is Cc1c(CC(=O)N[C@@H](C(=O)O)c2ccccc2)c(=O)oc2cc(O)c(Cl)cc12. The fourth-order valence-corrected chi connectivity index (χ4v) is 3.07. The molecule has 0 aliphatic heterocycles. The lowest BCUT2D eigenvalue weighted by atomic mass is 10.0. The van der Waals surface area contributed by atoms with Gasteiger partial charge in [0.05, 0.1) is 17.0 Å². The van der Waals surface area contributed by atoms with E-state index in [1.165, 1.54) is 12.1 Å². The number of nitrogens with one attached hydrogen (secondary N) is 1. The van der Waals surface area contributed by atoms with Crippen LogP contribution in [0.15, 0.2) is 51.7 Å². The van der Waals surface area contributed by atoms with Crippen LogP contribution in [-0.4, -0.2) is 22.1 Å². The number of halogens is 1. The average molecular weight is 402 g/mol. The molecule has 0 fully saturated rings. The number of aryl methyl sites for hydroxylation is 1. The monoisotopic (exact) mass is 401 g/mol. The topological polar surface area (TPSA) is 117 Å². The normalized spacial score (nSPS) is 11.9. The van der Waals surface area contributed by atoms with E-state index in [0.717, 1.165) is 0 Å². The molecular formula is C20H16ClNO6. The highest BCUT2D eigenvalue weighted by Gasteiger charge is 2.23. The zero-order valence-corrected chi connectivity index (χ0v) is 15.5. The molecule has 0 saturated carbocycles. The van der Waals surface area contributed by atoms with Gasteiger partial charge >= 0.3 is 11.6 Å². The molecule has 8 heteroatoms. The highest BCUT2D eigenvalue weighted by molar-refractivity contribution is 6.32. The second-order valence-corrected chi connectivity index (χ2v) is 6.63. The largest absolute Gasteiger partial charge is 0.506 e. The van der Waals surface area contributed by atoms with E-state index in [0.29, 0.717) is 16.5 Å². The highest BCUT2D eigenvalue weighted by atomic mass is 35.5. The van der Waals surface area contributed by atoms with E-state index >= 15 is 0 Å². The van der Waals surface area contributed by atoms with Gasteiger partial charge in [-0.15, -0.1) is 0 Å². The van der Waals surface area contributed by atoms with Crippen LogP contribution in [0.2, 0.25) is 5.02 Å². The number of aromatic hydroxyl groups is 1. The molecule has 1 aromatic heterocycles. The summed E-state index contributed by atoms with van der Waals surface area (Å²) in [6, 6.07) is 9.66. The minimum Gasteiger partial charge on any atom is -0.506 e. The van der Waals surface area contributed by atoms with E-state index in [4.69, 9.17) is 16.0 Å². The van der Waals surface area contributed by atoms with E-state index in [9.17, 15) is 24.6 Å². The van der Waals surface area contributed by atoms with Crippen LogP contribution in [0.4, 0.5) is 0 Å². The summed E-state index contributed by atoms with van der Waals surface area (Å²) in [6.45, 7) is 1.63. The van der Waals surface area contributed by atoms with Crippen molar-refractivity contribution in [2.24, 2.45) is 0 Å². The second kappa shape index (κ2) is 7.74. The summed E-state index contributed by atoms with van der Waals surface area (Å²) in [6.07, 6.45) is -0.362. The molecule has 1 heterocycles. The molecule has 144 valence electrons. The number of aliphatic carboxylic acids is 1. The summed E-state index contributed by atoms with van der Waals surface area (Å²) in [5.74, 6) is -2.09. The van der Waals surface area contributed by atoms with Gasteiger partial charge < -0.3 is 19.9 Å². The van der Waals surface area contributed by atoms with E-state index in [1.54, 1.807) is 37.3 Å². The second-order valence-electron chi connectivity index (χ2n) is 6.22. The fourth-order valence-electron chi connectivity index (χ4n) is 2.91. The van der Waals surface area contributed by atoms with Crippen molar-refractivity contribution in [3.8, 4) is 5.75 Å². The summed E-state index contributed by atoms with van der Waals surface area (Å²) in [5.41, 5.74) is 0.362. The van der Waals surface area contributed by atoms with Crippen LogP contribution in [0, 0.1) is 6.92 Å². The third-order valence-corrected chi connectivity index (χ3v) is 4.68. The zero-order valence-electron chi connectivity index (χ0n) is 14.7. The Morgan fingerprint density at radius 2 is 1.89 bits per heavy atom. The first-order valence-corrected chi connectivity index (χ1v) is 8.67. The van der Waals surface area contributed by atoms with Crippen molar-refractivity contribution in [2.75, 3.05) is 0 Å². The summed E-state index contributed by atoms with van der Waals surface area (Å²) >= 11 is 5.91. The summed E-state index contributed by atoms with van der Waals surface area (Å²) < 4.78 is 5.18. The molecular weight excluding hydrogens is 386 g/mol. The molecule has 3 N–H and O–H groups in total. The number of phenolic OH excluding ortho intramolecular Hbond substituents is 1. The van der Waals surface area contributed by atoms with Crippen molar-refractivity contribution in [3.05, 3.63) is 74.6 Å². The Morgan fingerprint density at radius 3 is 2.54 bits per heavy atom. The lowest BCUT2D eigenvalue weighted by Crippen LogP contribution is -2.35. The number of carbonyl (C=O) groups is 2. The minimum atomic E-state index is -1.24. The Hall–Kier alpha value is -3.32. The summed E-state index contributed by atoms with van der Waals surface area (Å²) in [7, 11) is 0. The van der Waals surface area contributed by atoms with Gasteiger partial charge in [0.25, 0.3) is 0 Å². The molecule has 2 aromatic carbocycles. The fraction of sp³-hybridized carbons (Fsp3) is 0.150. The lowest BCUT2D eigenvalue weighted by Gasteiger charge is -2.15. The van der Waals surface area contributed by atoms with Gasteiger partial charge in [-0.3, -0.25) is 4.79 Å². The molecule has 0 unspecified atom stereocenters. The predicted octanol–water partition coefficient (Wildman–Crippen LogP) is 2.95. The number of hydrogen-bond donors (Lipinski definition) is 3.